The van der Waals surface area contributed by atoms with Crippen LogP contribution in [-0.2, 0) is 11.8 Å². The smallest absolute Gasteiger partial charge is 0.0641 e. The van der Waals surface area contributed by atoms with E-state index < -0.39 is 0 Å². The first-order valence-corrected chi connectivity index (χ1v) is 6.32. The maximum atomic E-state index is 5.16. The van der Waals surface area contributed by atoms with Crippen LogP contribution in [-0.4, -0.2) is 30.0 Å². The second kappa shape index (κ2) is 6.77. The predicted molar refractivity (Wildman–Crippen MR) is 70.0 cm³/mol. The normalized spacial score (nSPS) is 14.9. The fourth-order valence-electron chi connectivity index (χ4n) is 2.23. The van der Waals surface area contributed by atoms with Gasteiger partial charge in [-0.05, 0) is 25.8 Å². The fourth-order valence-corrected chi connectivity index (χ4v) is 2.23. The van der Waals surface area contributed by atoms with Gasteiger partial charge in [0.2, 0.25) is 0 Å². The molecule has 1 N–H and O–H groups in total. The molecule has 1 aromatic rings. The van der Waals surface area contributed by atoms with E-state index in [0.717, 1.165) is 25.3 Å². The molecule has 2 atom stereocenters. The minimum absolute atomic E-state index is 0.365. The molecule has 1 rings (SSSR count). The number of nitrogens with one attached hydrogen (secondary N) is 1. The van der Waals surface area contributed by atoms with E-state index in [0.29, 0.717) is 12.0 Å². The van der Waals surface area contributed by atoms with Crippen molar-refractivity contribution in [1.82, 2.24) is 15.1 Å². The highest BCUT2D eigenvalue weighted by Gasteiger charge is 2.21. The fraction of sp³-hybridized carbons (Fsp3) is 0.769. The molecule has 17 heavy (non-hydrogen) atoms. The summed E-state index contributed by atoms with van der Waals surface area (Å²) in [5, 5.41) is 7.98. The molecule has 4 nitrogen and oxygen atoms in total. The molecule has 1 aromatic heterocycles. The molecule has 4 heteroatoms. The molecule has 0 aliphatic carbocycles. The standard InChI is InChI=1S/C13H25N3O/c1-6-14-13(10(2)7-8-17-5)12-9-16(4)15-11(12)3/h9-10,13-14H,6-8H2,1-5H3. The molecular weight excluding hydrogens is 214 g/mol. The second-order valence-electron chi connectivity index (χ2n) is 4.64. The number of nitrogens with zero attached hydrogens (tertiary/aromatic N) is 2. The highest BCUT2D eigenvalue weighted by molar-refractivity contribution is 5.20. The zero-order chi connectivity index (χ0) is 12.8. The van der Waals surface area contributed by atoms with Crippen LogP contribution in [0.3, 0.4) is 0 Å². The summed E-state index contributed by atoms with van der Waals surface area (Å²) in [6, 6.07) is 0.365. The van der Waals surface area contributed by atoms with Crippen molar-refractivity contribution in [3.63, 3.8) is 0 Å². The Hall–Kier alpha value is -0.870. The topological polar surface area (TPSA) is 39.1 Å². The van der Waals surface area contributed by atoms with Gasteiger partial charge >= 0.3 is 0 Å². The quantitative estimate of drug-likeness (QED) is 0.791. The van der Waals surface area contributed by atoms with Crippen molar-refractivity contribution >= 4 is 0 Å². The Bertz CT molecular complexity index is 335. The highest BCUT2D eigenvalue weighted by Crippen LogP contribution is 2.26. The molecule has 0 saturated carbocycles. The van der Waals surface area contributed by atoms with E-state index in [4.69, 9.17) is 4.74 Å². The molecule has 2 unspecified atom stereocenters. The number of hydrogen-bond donors (Lipinski definition) is 1. The Kier molecular flexibility index (Phi) is 5.65. The lowest BCUT2D eigenvalue weighted by Crippen LogP contribution is -2.27. The third-order valence-corrected chi connectivity index (χ3v) is 3.16. The van der Waals surface area contributed by atoms with Gasteiger partial charge in [0.25, 0.3) is 0 Å². The van der Waals surface area contributed by atoms with Gasteiger partial charge in [-0.15, -0.1) is 0 Å². The summed E-state index contributed by atoms with van der Waals surface area (Å²) in [5.41, 5.74) is 2.42. The summed E-state index contributed by atoms with van der Waals surface area (Å²) in [7, 11) is 3.73. The minimum Gasteiger partial charge on any atom is -0.385 e. The van der Waals surface area contributed by atoms with Crippen molar-refractivity contribution in [1.29, 1.82) is 0 Å². The van der Waals surface area contributed by atoms with Crippen molar-refractivity contribution in [2.24, 2.45) is 13.0 Å². The van der Waals surface area contributed by atoms with Gasteiger partial charge in [-0.1, -0.05) is 13.8 Å². The van der Waals surface area contributed by atoms with Gasteiger partial charge in [-0.25, -0.2) is 0 Å². The average Bonchev–Trinajstić information content (AvgIpc) is 2.62. The van der Waals surface area contributed by atoms with Crippen LogP contribution in [0.5, 0.6) is 0 Å². The first-order valence-electron chi connectivity index (χ1n) is 6.32. The number of aryl methyl sites for hydroxylation is 2. The number of ether oxygens (including phenoxy) is 1. The highest BCUT2D eigenvalue weighted by atomic mass is 16.5. The van der Waals surface area contributed by atoms with E-state index in [9.17, 15) is 0 Å². The number of hydrogen-bond acceptors (Lipinski definition) is 3. The second-order valence-corrected chi connectivity index (χ2v) is 4.64. The summed E-state index contributed by atoms with van der Waals surface area (Å²) in [6.45, 7) is 8.25. The third kappa shape index (κ3) is 3.82. The first-order chi connectivity index (χ1) is 8.10. The van der Waals surface area contributed by atoms with Crippen LogP contribution in [0.15, 0.2) is 6.20 Å². The zero-order valence-corrected chi connectivity index (χ0v) is 11.7. The van der Waals surface area contributed by atoms with Crippen LogP contribution < -0.4 is 5.32 Å². The molecule has 0 aliphatic rings. The third-order valence-electron chi connectivity index (χ3n) is 3.16. The molecule has 0 aromatic carbocycles. The van der Waals surface area contributed by atoms with Crippen molar-refractivity contribution in [3.05, 3.63) is 17.5 Å². The Morgan fingerprint density at radius 3 is 2.71 bits per heavy atom. The van der Waals surface area contributed by atoms with Crippen LogP contribution in [0.1, 0.15) is 37.6 Å². The number of rotatable bonds is 7. The summed E-state index contributed by atoms with van der Waals surface area (Å²) in [4.78, 5) is 0. The lowest BCUT2D eigenvalue weighted by Gasteiger charge is -2.24. The largest absolute Gasteiger partial charge is 0.385 e. The molecule has 0 spiro atoms. The molecular formula is C13H25N3O. The van der Waals surface area contributed by atoms with Crippen LogP contribution in [0.25, 0.3) is 0 Å². The lowest BCUT2D eigenvalue weighted by molar-refractivity contribution is 0.170. The summed E-state index contributed by atoms with van der Waals surface area (Å²) < 4.78 is 7.05. The zero-order valence-electron chi connectivity index (χ0n) is 11.7. The lowest BCUT2D eigenvalue weighted by atomic mass is 9.92. The van der Waals surface area contributed by atoms with Crippen LogP contribution in [0.2, 0.25) is 0 Å². The van der Waals surface area contributed by atoms with Gasteiger partial charge in [0, 0.05) is 38.6 Å². The van der Waals surface area contributed by atoms with E-state index in [1.807, 2.05) is 11.7 Å². The molecule has 1 heterocycles. The van der Waals surface area contributed by atoms with Crippen LogP contribution in [0, 0.1) is 12.8 Å². The minimum atomic E-state index is 0.365. The van der Waals surface area contributed by atoms with E-state index in [1.54, 1.807) is 7.11 Å². The Morgan fingerprint density at radius 1 is 1.53 bits per heavy atom. The summed E-state index contributed by atoms with van der Waals surface area (Å²) >= 11 is 0. The molecule has 98 valence electrons. The molecule has 0 bridgehead atoms. The average molecular weight is 239 g/mol. The van der Waals surface area contributed by atoms with Crippen LogP contribution in [0.4, 0.5) is 0 Å². The van der Waals surface area contributed by atoms with Gasteiger partial charge in [-0.2, -0.15) is 5.10 Å². The SMILES string of the molecule is CCNC(c1cn(C)nc1C)C(C)CCOC. The summed E-state index contributed by atoms with van der Waals surface area (Å²) in [5.74, 6) is 0.540. The maximum absolute atomic E-state index is 5.16. The van der Waals surface area contributed by atoms with E-state index in [-0.39, 0.29) is 0 Å². The Balaban J connectivity index is 2.80. The number of methoxy groups -OCH3 is 1. The monoisotopic (exact) mass is 239 g/mol. The summed E-state index contributed by atoms with van der Waals surface area (Å²) in [6.07, 6.45) is 3.18. The van der Waals surface area contributed by atoms with Crippen molar-refractivity contribution in [3.8, 4) is 0 Å². The van der Waals surface area contributed by atoms with Crippen molar-refractivity contribution in [2.45, 2.75) is 33.2 Å². The number of aromatic nitrogens is 2. The van der Waals surface area contributed by atoms with Gasteiger partial charge in [0.15, 0.2) is 0 Å². The molecule has 0 aliphatic heterocycles. The predicted octanol–water partition coefficient (Wildman–Crippen LogP) is 2.05. The van der Waals surface area contributed by atoms with E-state index in [2.05, 4.69) is 37.4 Å². The molecule has 0 saturated heterocycles. The Morgan fingerprint density at radius 2 is 2.24 bits per heavy atom. The van der Waals surface area contributed by atoms with E-state index >= 15 is 0 Å². The van der Waals surface area contributed by atoms with Crippen molar-refractivity contribution in [2.75, 3.05) is 20.3 Å². The van der Waals surface area contributed by atoms with Gasteiger partial charge in [-0.3, -0.25) is 4.68 Å². The molecule has 0 amide bonds. The molecule has 0 radical (unpaired) electrons. The Labute approximate surface area is 104 Å². The molecule has 0 fully saturated rings. The van der Waals surface area contributed by atoms with Gasteiger partial charge in [0.05, 0.1) is 5.69 Å². The van der Waals surface area contributed by atoms with E-state index in [1.165, 1.54) is 5.56 Å². The first kappa shape index (κ1) is 14.2. The maximum Gasteiger partial charge on any atom is 0.0641 e. The van der Waals surface area contributed by atoms with Crippen molar-refractivity contribution < 1.29 is 4.74 Å². The van der Waals surface area contributed by atoms with Crippen LogP contribution >= 0.6 is 0 Å². The van der Waals surface area contributed by atoms with Gasteiger partial charge < -0.3 is 10.1 Å². The van der Waals surface area contributed by atoms with Gasteiger partial charge in [0.1, 0.15) is 0 Å².